The van der Waals surface area contributed by atoms with E-state index in [0.717, 1.165) is 30.1 Å². The Balaban J connectivity index is 0. The molecule has 0 aromatic carbocycles. The van der Waals surface area contributed by atoms with Crippen molar-refractivity contribution in [1.82, 2.24) is 0 Å². The second kappa shape index (κ2) is 17.0. The van der Waals surface area contributed by atoms with Crippen LogP contribution in [0.4, 0.5) is 0 Å². The van der Waals surface area contributed by atoms with E-state index in [4.69, 9.17) is 0 Å². The third-order valence-electron chi connectivity index (χ3n) is 5.36. The Labute approximate surface area is 152 Å². The third kappa shape index (κ3) is 10.9. The van der Waals surface area contributed by atoms with Crippen molar-refractivity contribution in [3.8, 4) is 0 Å². The summed E-state index contributed by atoms with van der Waals surface area (Å²) in [7, 11) is 1.42. The Morgan fingerprint density at radius 1 is 1.00 bits per heavy atom. The first-order chi connectivity index (χ1) is 11.6. The summed E-state index contributed by atoms with van der Waals surface area (Å²) >= 11 is 0. The van der Waals surface area contributed by atoms with E-state index in [0.29, 0.717) is 0 Å². The molecule has 1 rings (SSSR count). The van der Waals surface area contributed by atoms with Gasteiger partial charge in [-0.2, -0.15) is 0 Å². The fourth-order valence-electron chi connectivity index (χ4n) is 3.50. The highest BCUT2D eigenvalue weighted by Crippen LogP contribution is 2.38. The molecule has 0 amide bonds. The van der Waals surface area contributed by atoms with E-state index in [-0.39, 0.29) is 5.97 Å². The van der Waals surface area contributed by atoms with Crippen molar-refractivity contribution in [2.24, 2.45) is 23.7 Å². The molecule has 0 radical (unpaired) electrons. The minimum absolute atomic E-state index is 0.245. The van der Waals surface area contributed by atoms with Crippen LogP contribution in [0.5, 0.6) is 0 Å². The summed E-state index contributed by atoms with van der Waals surface area (Å²) in [6.45, 7) is 15.3. The molecule has 1 aliphatic rings. The Bertz CT molecular complexity index is 309. The van der Waals surface area contributed by atoms with Gasteiger partial charge in [-0.05, 0) is 36.5 Å². The van der Waals surface area contributed by atoms with Crippen LogP contribution in [0.3, 0.4) is 0 Å². The molecule has 0 heterocycles. The number of methoxy groups -OCH3 is 1. The molecular formula is C22H44O2. The molecule has 24 heavy (non-hydrogen) atoms. The van der Waals surface area contributed by atoms with Crippen LogP contribution in [0.15, 0.2) is 12.2 Å². The molecule has 0 aliphatic heterocycles. The number of unbranched alkanes of at least 4 members (excludes halogenated alkanes) is 2. The molecule has 0 aromatic heterocycles. The molecule has 0 N–H and O–H groups in total. The second-order valence-corrected chi connectivity index (χ2v) is 6.60. The normalized spacial score (nSPS) is 26.5. The number of hydrogen-bond donors (Lipinski definition) is 0. The third-order valence-corrected chi connectivity index (χ3v) is 5.36. The van der Waals surface area contributed by atoms with Gasteiger partial charge in [-0.15, -0.1) is 0 Å². The molecular weight excluding hydrogens is 296 g/mol. The number of allylic oxidation sites excluding steroid dienone is 1. The van der Waals surface area contributed by atoms with Crippen LogP contribution in [-0.2, 0) is 9.53 Å². The molecule has 0 saturated heterocycles. The summed E-state index contributed by atoms with van der Waals surface area (Å²) in [4.78, 5) is 10.9. The summed E-state index contributed by atoms with van der Waals surface area (Å²) in [5.74, 6) is 3.27. The van der Waals surface area contributed by atoms with Crippen molar-refractivity contribution in [2.45, 2.75) is 93.4 Å². The van der Waals surface area contributed by atoms with Crippen molar-refractivity contribution in [1.29, 1.82) is 0 Å². The Morgan fingerprint density at radius 2 is 1.62 bits per heavy atom. The highest BCUT2D eigenvalue weighted by molar-refractivity contribution is 5.81. The lowest BCUT2D eigenvalue weighted by Gasteiger charge is -2.28. The lowest BCUT2D eigenvalue weighted by Crippen LogP contribution is -2.20. The Morgan fingerprint density at radius 3 is 2.21 bits per heavy atom. The van der Waals surface area contributed by atoms with Gasteiger partial charge in [0, 0.05) is 6.08 Å². The molecule has 0 spiro atoms. The fourth-order valence-corrected chi connectivity index (χ4v) is 3.50. The first-order valence-electron chi connectivity index (χ1n) is 10.3. The maximum absolute atomic E-state index is 10.9. The predicted molar refractivity (Wildman–Crippen MR) is 107 cm³/mol. The lowest BCUT2D eigenvalue weighted by atomic mass is 9.77. The van der Waals surface area contributed by atoms with E-state index >= 15 is 0 Å². The van der Waals surface area contributed by atoms with Crippen LogP contribution in [0.1, 0.15) is 93.4 Å². The van der Waals surface area contributed by atoms with Gasteiger partial charge in [0.25, 0.3) is 0 Å². The quantitative estimate of drug-likeness (QED) is 0.224. The van der Waals surface area contributed by atoms with Crippen molar-refractivity contribution in [3.63, 3.8) is 0 Å². The van der Waals surface area contributed by atoms with Crippen LogP contribution >= 0.6 is 0 Å². The SMILES string of the molecule is CC.CC.COC(=O)/C=C\CCCCC1CCC[C@H](C)C(C)C1C. The maximum atomic E-state index is 10.9. The number of hydrogen-bond acceptors (Lipinski definition) is 2. The van der Waals surface area contributed by atoms with Crippen LogP contribution in [0.25, 0.3) is 0 Å². The van der Waals surface area contributed by atoms with Gasteiger partial charge in [0.15, 0.2) is 0 Å². The van der Waals surface area contributed by atoms with Crippen LogP contribution in [0, 0.1) is 23.7 Å². The minimum Gasteiger partial charge on any atom is -0.466 e. The summed E-state index contributed by atoms with van der Waals surface area (Å²) in [5, 5.41) is 0. The van der Waals surface area contributed by atoms with Gasteiger partial charge in [0.1, 0.15) is 0 Å². The zero-order valence-electron chi connectivity index (χ0n) is 17.7. The largest absolute Gasteiger partial charge is 0.466 e. The van der Waals surface area contributed by atoms with E-state index in [2.05, 4.69) is 25.5 Å². The summed E-state index contributed by atoms with van der Waals surface area (Å²) < 4.78 is 4.58. The summed E-state index contributed by atoms with van der Waals surface area (Å²) in [6, 6.07) is 0. The Kier molecular flexibility index (Phi) is 18.1. The smallest absolute Gasteiger partial charge is 0.330 e. The summed E-state index contributed by atoms with van der Waals surface area (Å²) in [6.07, 6.45) is 12.5. The number of carbonyl (C=O) groups excluding carboxylic acids is 1. The van der Waals surface area contributed by atoms with Gasteiger partial charge in [-0.1, -0.05) is 86.6 Å². The molecule has 0 bridgehead atoms. The fraction of sp³-hybridized carbons (Fsp3) is 0.864. The van der Waals surface area contributed by atoms with Crippen LogP contribution in [-0.4, -0.2) is 13.1 Å². The van der Waals surface area contributed by atoms with Gasteiger partial charge in [-0.25, -0.2) is 4.79 Å². The van der Waals surface area contributed by atoms with E-state index in [1.54, 1.807) is 0 Å². The zero-order valence-corrected chi connectivity index (χ0v) is 17.7. The minimum atomic E-state index is -0.245. The topological polar surface area (TPSA) is 26.3 Å². The molecule has 3 unspecified atom stereocenters. The molecule has 4 atom stereocenters. The maximum Gasteiger partial charge on any atom is 0.330 e. The van der Waals surface area contributed by atoms with Crippen LogP contribution in [0.2, 0.25) is 0 Å². The molecule has 1 fully saturated rings. The van der Waals surface area contributed by atoms with E-state index < -0.39 is 0 Å². The summed E-state index contributed by atoms with van der Waals surface area (Å²) in [5.41, 5.74) is 0. The van der Waals surface area contributed by atoms with Crippen molar-refractivity contribution < 1.29 is 9.53 Å². The van der Waals surface area contributed by atoms with Crippen LogP contribution < -0.4 is 0 Å². The number of carbonyl (C=O) groups is 1. The average molecular weight is 341 g/mol. The van der Waals surface area contributed by atoms with Gasteiger partial charge in [0.05, 0.1) is 7.11 Å². The second-order valence-electron chi connectivity index (χ2n) is 6.60. The Hall–Kier alpha value is -0.790. The van der Waals surface area contributed by atoms with Gasteiger partial charge < -0.3 is 4.74 Å². The lowest BCUT2D eigenvalue weighted by molar-refractivity contribution is -0.134. The highest BCUT2D eigenvalue weighted by atomic mass is 16.5. The first kappa shape index (κ1) is 25.5. The van der Waals surface area contributed by atoms with Gasteiger partial charge >= 0.3 is 5.97 Å². The number of esters is 1. The molecule has 1 saturated carbocycles. The number of rotatable bonds is 6. The van der Waals surface area contributed by atoms with Gasteiger partial charge in [-0.3, -0.25) is 0 Å². The van der Waals surface area contributed by atoms with Gasteiger partial charge in [0.2, 0.25) is 0 Å². The monoisotopic (exact) mass is 340 g/mol. The molecule has 2 heteroatoms. The van der Waals surface area contributed by atoms with E-state index in [1.165, 1.54) is 51.7 Å². The molecule has 2 nitrogen and oxygen atoms in total. The molecule has 1 aliphatic carbocycles. The van der Waals surface area contributed by atoms with E-state index in [1.807, 2.05) is 33.8 Å². The van der Waals surface area contributed by atoms with Crippen molar-refractivity contribution in [3.05, 3.63) is 12.2 Å². The highest BCUT2D eigenvalue weighted by Gasteiger charge is 2.28. The average Bonchev–Trinajstić information content (AvgIpc) is 2.75. The molecule has 0 aromatic rings. The van der Waals surface area contributed by atoms with Crippen molar-refractivity contribution in [2.75, 3.05) is 7.11 Å². The standard InChI is InChI=1S/C18H32O2.2C2H6/c1-14-10-9-12-17(16(3)15(14)2)11-7-5-6-8-13-18(19)20-4;2*1-2/h8,13-17H,5-7,9-12H2,1-4H3;2*1-2H3/b13-8-;;/t14-,15?,16?,17?;;/m0../s1. The first-order valence-corrected chi connectivity index (χ1v) is 10.3. The van der Waals surface area contributed by atoms with Crippen molar-refractivity contribution >= 4 is 5.97 Å². The molecule has 144 valence electrons. The predicted octanol–water partition coefficient (Wildman–Crippen LogP) is 7.04. The number of ether oxygens (including phenoxy) is 1. The van der Waals surface area contributed by atoms with E-state index in [9.17, 15) is 4.79 Å². The zero-order chi connectivity index (χ0) is 19.0.